The van der Waals surface area contributed by atoms with Crippen LogP contribution < -0.4 is 5.43 Å². The average molecular weight is 196 g/mol. The van der Waals surface area contributed by atoms with E-state index >= 15 is 0 Å². The Kier molecular flexibility index (Phi) is 2.96. The molecular weight excluding hydrogens is 183 g/mol. The van der Waals surface area contributed by atoms with Crippen LogP contribution in [0.4, 0.5) is 10.1 Å². The largest absolute Gasteiger partial charge is 0.379 e. The van der Waals surface area contributed by atoms with E-state index in [4.69, 9.17) is 4.74 Å². The Morgan fingerprint density at radius 1 is 1.29 bits per heavy atom. The van der Waals surface area contributed by atoms with E-state index in [1.165, 1.54) is 12.1 Å². The number of hydrazine groups is 1. The summed E-state index contributed by atoms with van der Waals surface area (Å²) in [5.74, 6) is -0.219. The van der Waals surface area contributed by atoms with Crippen LogP contribution in [-0.2, 0) is 4.74 Å². The highest BCUT2D eigenvalue weighted by atomic mass is 19.1. The van der Waals surface area contributed by atoms with E-state index in [1.807, 2.05) is 11.1 Å². The molecule has 0 unspecified atom stereocenters. The summed E-state index contributed by atoms with van der Waals surface area (Å²) in [4.78, 5) is 0. The summed E-state index contributed by atoms with van der Waals surface area (Å²) < 4.78 is 18.0. The fourth-order valence-electron chi connectivity index (χ4n) is 1.42. The molecule has 1 fully saturated rings. The Morgan fingerprint density at radius 3 is 2.79 bits per heavy atom. The third kappa shape index (κ3) is 2.43. The number of hydrogen-bond donors (Lipinski definition) is 1. The van der Waals surface area contributed by atoms with Gasteiger partial charge in [-0.15, -0.1) is 0 Å². The van der Waals surface area contributed by atoms with Crippen LogP contribution in [0.15, 0.2) is 24.3 Å². The Morgan fingerprint density at radius 2 is 2.07 bits per heavy atom. The Hall–Kier alpha value is -1.13. The Labute approximate surface area is 82.4 Å². The predicted molar refractivity (Wildman–Crippen MR) is 52.4 cm³/mol. The maximum absolute atomic E-state index is 12.8. The van der Waals surface area contributed by atoms with Gasteiger partial charge in [0.2, 0.25) is 0 Å². The summed E-state index contributed by atoms with van der Waals surface area (Å²) in [5, 5.41) is 2.03. The smallest absolute Gasteiger partial charge is 0.125 e. The van der Waals surface area contributed by atoms with Gasteiger partial charge < -0.3 is 10.2 Å². The summed E-state index contributed by atoms with van der Waals surface area (Å²) in [6.45, 7) is 3.11. The Balaban J connectivity index is 1.95. The van der Waals surface area contributed by atoms with Gasteiger partial charge in [0.15, 0.2) is 0 Å². The van der Waals surface area contributed by atoms with Crippen molar-refractivity contribution >= 4 is 5.69 Å². The topological polar surface area (TPSA) is 24.5 Å². The first kappa shape index (κ1) is 9.43. The predicted octanol–water partition coefficient (Wildman–Crippen LogP) is 1.48. The van der Waals surface area contributed by atoms with Crippen molar-refractivity contribution in [3.63, 3.8) is 0 Å². The van der Waals surface area contributed by atoms with Crippen LogP contribution in [0.3, 0.4) is 0 Å². The van der Waals surface area contributed by atoms with E-state index in [-0.39, 0.29) is 5.82 Å². The molecule has 76 valence electrons. The number of morpholine rings is 1. The molecule has 3 nitrogen and oxygen atoms in total. The van der Waals surface area contributed by atoms with Crippen LogP contribution in [-0.4, -0.2) is 31.3 Å². The number of nitrogens with zero attached hydrogens (tertiary/aromatic N) is 1. The number of nitrogens with one attached hydrogen (secondary N) is 1. The van der Waals surface area contributed by atoms with E-state index in [0.717, 1.165) is 32.0 Å². The molecule has 0 bridgehead atoms. The Bertz CT molecular complexity index is 300. The normalized spacial score (nSPS) is 18.1. The van der Waals surface area contributed by atoms with E-state index in [2.05, 4.69) is 5.43 Å². The highest BCUT2D eigenvalue weighted by Gasteiger charge is 2.09. The van der Waals surface area contributed by atoms with Crippen molar-refractivity contribution < 1.29 is 9.13 Å². The minimum Gasteiger partial charge on any atom is -0.379 e. The maximum Gasteiger partial charge on any atom is 0.125 e. The van der Waals surface area contributed by atoms with Crippen LogP contribution in [0.25, 0.3) is 0 Å². The first-order valence-corrected chi connectivity index (χ1v) is 4.69. The summed E-state index contributed by atoms with van der Waals surface area (Å²) >= 11 is 0. The quantitative estimate of drug-likeness (QED) is 0.775. The SMILES string of the molecule is Fc1cccc(NN2CCOCC2)c1. The van der Waals surface area contributed by atoms with Gasteiger partial charge in [0.05, 0.1) is 18.9 Å². The minimum absolute atomic E-state index is 0.219. The second kappa shape index (κ2) is 4.39. The molecule has 1 aliphatic heterocycles. The average Bonchev–Trinajstić information content (AvgIpc) is 2.19. The molecule has 4 heteroatoms. The molecule has 0 spiro atoms. The highest BCUT2D eigenvalue weighted by molar-refractivity contribution is 5.42. The van der Waals surface area contributed by atoms with Crippen molar-refractivity contribution in [2.75, 3.05) is 31.7 Å². The summed E-state index contributed by atoms with van der Waals surface area (Å²) in [6, 6.07) is 6.45. The lowest BCUT2D eigenvalue weighted by atomic mass is 10.3. The van der Waals surface area contributed by atoms with Crippen LogP contribution in [0.1, 0.15) is 0 Å². The molecule has 0 saturated carbocycles. The van der Waals surface area contributed by atoms with Crippen molar-refractivity contribution in [2.45, 2.75) is 0 Å². The molecule has 1 aromatic carbocycles. The number of hydrogen-bond acceptors (Lipinski definition) is 3. The van der Waals surface area contributed by atoms with Gasteiger partial charge in [-0.25, -0.2) is 9.40 Å². The second-order valence-corrected chi connectivity index (χ2v) is 3.22. The fourth-order valence-corrected chi connectivity index (χ4v) is 1.42. The van der Waals surface area contributed by atoms with Crippen molar-refractivity contribution in [2.24, 2.45) is 0 Å². The molecule has 14 heavy (non-hydrogen) atoms. The van der Waals surface area contributed by atoms with E-state index < -0.39 is 0 Å². The molecule has 1 N–H and O–H groups in total. The lowest BCUT2D eigenvalue weighted by Gasteiger charge is -2.27. The number of ether oxygens (including phenoxy) is 1. The molecule has 1 aliphatic rings. The van der Waals surface area contributed by atoms with Gasteiger partial charge in [0.25, 0.3) is 0 Å². The van der Waals surface area contributed by atoms with Gasteiger partial charge in [-0.1, -0.05) is 6.07 Å². The van der Waals surface area contributed by atoms with Gasteiger partial charge in [-0.3, -0.25) is 0 Å². The second-order valence-electron chi connectivity index (χ2n) is 3.22. The van der Waals surface area contributed by atoms with Crippen molar-refractivity contribution in [3.8, 4) is 0 Å². The van der Waals surface area contributed by atoms with Crippen LogP contribution >= 0.6 is 0 Å². The molecular formula is C10H13FN2O. The summed E-state index contributed by atoms with van der Waals surface area (Å²) in [5.41, 5.74) is 3.92. The molecule has 2 rings (SSSR count). The van der Waals surface area contributed by atoms with Crippen molar-refractivity contribution in [1.82, 2.24) is 5.01 Å². The van der Waals surface area contributed by atoms with Gasteiger partial charge >= 0.3 is 0 Å². The first-order chi connectivity index (χ1) is 6.84. The summed E-state index contributed by atoms with van der Waals surface area (Å²) in [7, 11) is 0. The number of rotatable bonds is 2. The lowest BCUT2D eigenvalue weighted by molar-refractivity contribution is 0.0497. The lowest BCUT2D eigenvalue weighted by Crippen LogP contribution is -2.40. The van der Waals surface area contributed by atoms with Crippen LogP contribution in [0, 0.1) is 5.82 Å². The van der Waals surface area contributed by atoms with Gasteiger partial charge in [0, 0.05) is 13.1 Å². The molecule has 0 aliphatic carbocycles. The van der Waals surface area contributed by atoms with E-state index in [9.17, 15) is 4.39 Å². The van der Waals surface area contributed by atoms with Crippen molar-refractivity contribution in [3.05, 3.63) is 30.1 Å². The standard InChI is InChI=1S/C10H13FN2O/c11-9-2-1-3-10(8-9)12-13-4-6-14-7-5-13/h1-3,8,12H,4-7H2. The van der Waals surface area contributed by atoms with E-state index in [1.54, 1.807) is 6.07 Å². The number of anilines is 1. The van der Waals surface area contributed by atoms with Gasteiger partial charge in [-0.2, -0.15) is 0 Å². The van der Waals surface area contributed by atoms with Crippen molar-refractivity contribution in [1.29, 1.82) is 0 Å². The minimum atomic E-state index is -0.219. The first-order valence-electron chi connectivity index (χ1n) is 4.69. The molecule has 0 aromatic heterocycles. The molecule has 0 atom stereocenters. The van der Waals surface area contributed by atoms with Gasteiger partial charge in [0.1, 0.15) is 5.82 Å². The maximum atomic E-state index is 12.8. The molecule has 1 heterocycles. The zero-order valence-corrected chi connectivity index (χ0v) is 7.87. The molecule has 0 amide bonds. The van der Waals surface area contributed by atoms with E-state index in [0.29, 0.717) is 0 Å². The van der Waals surface area contributed by atoms with Gasteiger partial charge in [-0.05, 0) is 18.2 Å². The summed E-state index contributed by atoms with van der Waals surface area (Å²) in [6.07, 6.45) is 0. The molecule has 1 aromatic rings. The molecule has 1 saturated heterocycles. The zero-order valence-electron chi connectivity index (χ0n) is 7.87. The zero-order chi connectivity index (χ0) is 9.80. The number of benzene rings is 1. The fraction of sp³-hybridized carbons (Fsp3) is 0.400. The monoisotopic (exact) mass is 196 g/mol. The number of halogens is 1. The highest BCUT2D eigenvalue weighted by Crippen LogP contribution is 2.10. The molecule has 0 radical (unpaired) electrons. The van der Waals surface area contributed by atoms with Crippen LogP contribution in [0.2, 0.25) is 0 Å². The third-order valence-electron chi connectivity index (χ3n) is 2.12. The third-order valence-corrected chi connectivity index (χ3v) is 2.12. The van der Waals surface area contributed by atoms with Crippen LogP contribution in [0.5, 0.6) is 0 Å².